The highest BCUT2D eigenvalue weighted by Gasteiger charge is 2.33. The molecule has 0 spiro atoms. The van der Waals surface area contributed by atoms with Crippen LogP contribution in [0.5, 0.6) is 0 Å². The summed E-state index contributed by atoms with van der Waals surface area (Å²) in [4.78, 5) is 125. The molecule has 0 unspecified atom stereocenters. The van der Waals surface area contributed by atoms with Crippen molar-refractivity contribution in [3.8, 4) is 0 Å². The number of nitrogens with two attached hydrogens (primary N) is 6. The van der Waals surface area contributed by atoms with Gasteiger partial charge in [-0.25, -0.2) is 4.98 Å². The maximum Gasteiger partial charge on any atom is 0.243 e. The predicted molar refractivity (Wildman–Crippen MR) is 304 cm³/mol. The van der Waals surface area contributed by atoms with E-state index in [4.69, 9.17) is 34.4 Å². The van der Waals surface area contributed by atoms with Gasteiger partial charge in [-0.15, -0.1) is 0 Å². The lowest BCUT2D eigenvalue weighted by molar-refractivity contribution is -0.134. The number of carbonyl (C=O) groups is 8. The number of carbonyl (C=O) groups excluding carboxylic acids is 8. The molecule has 0 bridgehead atoms. The first-order valence-corrected chi connectivity index (χ1v) is 27.0. The molecule has 2 aromatic heterocycles. The average molecular weight is 1110 g/mol. The lowest BCUT2D eigenvalue weighted by Gasteiger charge is -2.27. The number of unbranched alkanes of at least 4 members (excludes halogenated alkanes) is 2. The van der Waals surface area contributed by atoms with Crippen molar-refractivity contribution in [1.82, 2.24) is 52.2 Å². The Morgan fingerprint density at radius 1 is 0.575 bits per heavy atom. The van der Waals surface area contributed by atoms with Crippen LogP contribution in [0, 0.1) is 5.92 Å². The molecule has 432 valence electrons. The van der Waals surface area contributed by atoms with Crippen LogP contribution in [-0.4, -0.2) is 137 Å². The Balaban J connectivity index is 1.39. The molecule has 25 heteroatoms. The van der Waals surface area contributed by atoms with Crippen LogP contribution in [-0.2, 0) is 57.6 Å². The number of aromatic amines is 2. The largest absolute Gasteiger partial charge is 0.370 e. The summed E-state index contributed by atoms with van der Waals surface area (Å²) in [6.07, 6.45) is 7.09. The van der Waals surface area contributed by atoms with E-state index in [0.717, 1.165) is 27.2 Å². The zero-order valence-electron chi connectivity index (χ0n) is 45.4. The van der Waals surface area contributed by atoms with Gasteiger partial charge in [-0.3, -0.25) is 43.3 Å². The Hall–Kier alpha value is -8.42. The van der Waals surface area contributed by atoms with Gasteiger partial charge in [0.2, 0.25) is 47.3 Å². The number of hydrogen-bond donors (Lipinski definition) is 15. The van der Waals surface area contributed by atoms with Crippen molar-refractivity contribution in [2.75, 3.05) is 26.2 Å². The molecule has 0 saturated carbocycles. The molecule has 0 fully saturated rings. The number of H-pyrrole nitrogens is 2. The van der Waals surface area contributed by atoms with Crippen molar-refractivity contribution in [2.24, 2.45) is 45.3 Å². The highest BCUT2D eigenvalue weighted by Crippen LogP contribution is 2.22. The maximum absolute atomic E-state index is 14.7. The maximum atomic E-state index is 14.7. The van der Waals surface area contributed by atoms with Crippen molar-refractivity contribution >= 4 is 74.9 Å². The van der Waals surface area contributed by atoms with Gasteiger partial charge >= 0.3 is 0 Å². The number of aliphatic imine (C=N–C) groups is 1. The number of amides is 8. The number of guanidine groups is 1. The molecule has 7 atom stereocenters. The van der Waals surface area contributed by atoms with Crippen molar-refractivity contribution in [1.29, 1.82) is 0 Å². The third kappa shape index (κ3) is 19.5. The van der Waals surface area contributed by atoms with E-state index in [1.54, 1.807) is 20.0 Å². The molecule has 25 nitrogen and oxygen atoms in total. The van der Waals surface area contributed by atoms with Gasteiger partial charge in [-0.05, 0) is 98.3 Å². The minimum atomic E-state index is -1.36. The Bertz CT molecular complexity index is 2880. The van der Waals surface area contributed by atoms with Gasteiger partial charge in [0, 0.05) is 54.8 Å². The minimum absolute atomic E-state index is 0.00161. The summed E-state index contributed by atoms with van der Waals surface area (Å²) in [5.41, 5.74) is 37.3. The number of nitrogens with one attached hydrogen (secondary N) is 9. The van der Waals surface area contributed by atoms with Crippen molar-refractivity contribution in [3.63, 3.8) is 0 Å². The van der Waals surface area contributed by atoms with E-state index in [9.17, 15) is 38.4 Å². The van der Waals surface area contributed by atoms with E-state index in [1.807, 2.05) is 66.7 Å². The van der Waals surface area contributed by atoms with E-state index >= 15 is 0 Å². The van der Waals surface area contributed by atoms with E-state index in [2.05, 4.69) is 57.2 Å². The topological polar surface area (TPSA) is 434 Å². The van der Waals surface area contributed by atoms with Crippen LogP contribution in [0.2, 0.25) is 0 Å². The van der Waals surface area contributed by atoms with Gasteiger partial charge in [0.1, 0.15) is 36.3 Å². The molecule has 0 aliphatic heterocycles. The SMILES string of the molecule is CC(C)[C@H](NC(=O)[C@H](CCCCN)NC(=O)[C@H](CCCCN)NC(=O)CNC(=O)[C@H](Cc1c[nH]c2ccccc12)NC(=O)[C@H](CCCN=C(N)N)NC(=O)[C@@H](Cc1cccc2ccccc12)NC(=O)[C@@H](N)Cc1cnc[nH]1)C(N)=O. The van der Waals surface area contributed by atoms with Gasteiger partial charge < -0.3 is 81.6 Å². The van der Waals surface area contributed by atoms with Crippen LogP contribution in [0.4, 0.5) is 0 Å². The Kier molecular flexibility index (Phi) is 24.9. The Labute approximate surface area is 464 Å². The summed E-state index contributed by atoms with van der Waals surface area (Å²) in [7, 11) is 0. The summed E-state index contributed by atoms with van der Waals surface area (Å²) in [6, 6.07) is 12.2. The lowest BCUT2D eigenvalue weighted by atomic mass is 9.97. The van der Waals surface area contributed by atoms with E-state index < -0.39 is 96.1 Å². The molecule has 0 aliphatic carbocycles. The molecule has 8 amide bonds. The van der Waals surface area contributed by atoms with Crippen LogP contribution >= 0.6 is 0 Å². The first-order chi connectivity index (χ1) is 38.4. The second kappa shape index (κ2) is 31.8. The fourth-order valence-corrected chi connectivity index (χ4v) is 9.10. The third-order valence-electron chi connectivity index (χ3n) is 13.5. The summed E-state index contributed by atoms with van der Waals surface area (Å²) < 4.78 is 0. The second-order valence-electron chi connectivity index (χ2n) is 20.0. The van der Waals surface area contributed by atoms with Gasteiger partial charge in [-0.1, -0.05) is 74.5 Å². The average Bonchev–Trinajstić information content (AvgIpc) is 4.15. The molecule has 5 rings (SSSR count). The van der Waals surface area contributed by atoms with Gasteiger partial charge in [-0.2, -0.15) is 0 Å². The smallest absolute Gasteiger partial charge is 0.243 e. The van der Waals surface area contributed by atoms with Crippen molar-refractivity contribution < 1.29 is 38.4 Å². The number of rotatable bonds is 34. The number of aromatic nitrogens is 3. The molecule has 3 aromatic carbocycles. The number of hydrogen-bond acceptors (Lipinski definition) is 13. The molecular weight excluding hydrogens is 1030 g/mol. The molecule has 0 saturated heterocycles. The number of nitrogens with zero attached hydrogens (tertiary/aromatic N) is 2. The minimum Gasteiger partial charge on any atom is -0.370 e. The van der Waals surface area contributed by atoms with E-state index in [1.165, 1.54) is 12.5 Å². The predicted octanol–water partition coefficient (Wildman–Crippen LogP) is -1.12. The zero-order chi connectivity index (χ0) is 58.1. The summed E-state index contributed by atoms with van der Waals surface area (Å²) in [6.45, 7) is 3.51. The molecule has 21 N–H and O–H groups in total. The molecule has 5 aromatic rings. The fraction of sp³-hybridized carbons (Fsp3) is 0.455. The molecule has 2 heterocycles. The molecule has 0 aliphatic rings. The van der Waals surface area contributed by atoms with Gasteiger partial charge in [0.15, 0.2) is 5.96 Å². The molecule has 0 radical (unpaired) electrons. The quantitative estimate of drug-likeness (QED) is 0.0132. The fourth-order valence-electron chi connectivity index (χ4n) is 9.10. The summed E-state index contributed by atoms with van der Waals surface area (Å²) in [5.74, 6) is -6.30. The van der Waals surface area contributed by atoms with Crippen LogP contribution in [0.15, 0.2) is 90.4 Å². The van der Waals surface area contributed by atoms with Crippen LogP contribution in [0.3, 0.4) is 0 Å². The molecule has 80 heavy (non-hydrogen) atoms. The molecular formula is C55H79N17O8. The van der Waals surface area contributed by atoms with E-state index in [-0.39, 0.29) is 63.4 Å². The van der Waals surface area contributed by atoms with Crippen LogP contribution in [0.25, 0.3) is 21.7 Å². The monoisotopic (exact) mass is 1110 g/mol. The number of benzene rings is 3. The highest BCUT2D eigenvalue weighted by molar-refractivity contribution is 5.98. The normalized spacial score (nSPS) is 13.9. The lowest BCUT2D eigenvalue weighted by Crippen LogP contribution is -2.59. The van der Waals surface area contributed by atoms with Gasteiger partial charge in [0.25, 0.3) is 0 Å². The first kappa shape index (κ1) is 62.4. The standard InChI is InChI=1S/C55H79N17O8/c1-32(2)47(48(59)74)72-53(79)42(20-8-10-23-57)68-51(77)41(19-7-9-22-56)67-46(73)30-65-50(76)44(26-35-28-64-40-18-6-5-17-38(35)40)71-52(78)43(21-12-24-63-55(60)61)69-54(80)45(70-49(75)39(58)27-36-29-62-31-66-36)25-34-15-11-14-33-13-3-4-16-37(33)34/h3-6,11,13-18,28-29,31-32,39,41-45,47,64H,7-10,12,19-27,30,56-58H2,1-2H3,(H2,59,74)(H,62,66)(H,65,76)(H,67,73)(H,68,77)(H,69,80)(H,70,75)(H,71,78)(H,72,79)(H4,60,61,63)/t39-,41-,42-,43-,44-,45+,47-/m0/s1. The first-order valence-electron chi connectivity index (χ1n) is 27.0. The summed E-state index contributed by atoms with van der Waals surface area (Å²) >= 11 is 0. The zero-order valence-corrected chi connectivity index (χ0v) is 45.4. The summed E-state index contributed by atoms with van der Waals surface area (Å²) in [5, 5.41) is 21.6. The Morgan fingerprint density at radius 2 is 1.12 bits per heavy atom. The van der Waals surface area contributed by atoms with E-state index in [0.29, 0.717) is 50.0 Å². The number of fused-ring (bicyclic) bond motifs is 2. The number of primary amides is 1. The van der Waals surface area contributed by atoms with Crippen molar-refractivity contribution in [3.05, 3.63) is 102 Å². The van der Waals surface area contributed by atoms with Crippen LogP contribution in [0.1, 0.15) is 82.0 Å². The van der Waals surface area contributed by atoms with Crippen LogP contribution < -0.4 is 71.6 Å². The highest BCUT2D eigenvalue weighted by atomic mass is 16.2. The van der Waals surface area contributed by atoms with Crippen molar-refractivity contribution in [2.45, 2.75) is 127 Å². The number of para-hydroxylation sites is 1. The Morgan fingerprint density at radius 3 is 1.75 bits per heavy atom. The third-order valence-corrected chi connectivity index (χ3v) is 13.5. The number of imidazole rings is 1. The van der Waals surface area contributed by atoms with Gasteiger partial charge in [0.05, 0.1) is 18.9 Å². The second-order valence-corrected chi connectivity index (χ2v) is 20.0.